The number of hydrogen-bond donors (Lipinski definition) is 1. The Morgan fingerprint density at radius 2 is 1.68 bits per heavy atom. The molecule has 7 heteroatoms. The van der Waals surface area contributed by atoms with Crippen LogP contribution in [0, 0.1) is 5.92 Å². The fourth-order valence-electron chi connectivity index (χ4n) is 4.70. The Morgan fingerprint density at radius 1 is 1.06 bits per heavy atom. The standard InChI is InChI=1S/C24H38N4O3/c1-5-27(6-2)24(30)28-13-11-20(12-14-28)23(29)25-22-10-8-7-9-21(22)17-26-15-18(3)31-19(4)16-26/h7-10,18-20H,5-6,11-17H2,1-4H3,(H,25,29). The largest absolute Gasteiger partial charge is 0.373 e. The smallest absolute Gasteiger partial charge is 0.319 e. The lowest BCUT2D eigenvalue weighted by atomic mass is 9.95. The van der Waals surface area contributed by atoms with Crippen LogP contribution in [-0.4, -0.2) is 78.1 Å². The van der Waals surface area contributed by atoms with Gasteiger partial charge in [-0.3, -0.25) is 9.69 Å². The van der Waals surface area contributed by atoms with Crippen molar-refractivity contribution in [3.8, 4) is 0 Å². The normalized spacial score (nSPS) is 22.9. The molecule has 3 rings (SSSR count). The topological polar surface area (TPSA) is 65.1 Å². The Morgan fingerprint density at radius 3 is 2.29 bits per heavy atom. The Hall–Kier alpha value is -2.12. The van der Waals surface area contributed by atoms with Gasteiger partial charge in [-0.2, -0.15) is 0 Å². The number of para-hydroxylation sites is 1. The summed E-state index contributed by atoms with van der Waals surface area (Å²) in [5.74, 6) is 0.00309. The van der Waals surface area contributed by atoms with Crippen molar-refractivity contribution in [1.82, 2.24) is 14.7 Å². The predicted octanol–water partition coefficient (Wildman–Crippen LogP) is 3.41. The second-order valence-electron chi connectivity index (χ2n) is 8.81. The minimum Gasteiger partial charge on any atom is -0.373 e. The average molecular weight is 431 g/mol. The maximum atomic E-state index is 13.0. The number of morpholine rings is 1. The molecule has 2 unspecified atom stereocenters. The van der Waals surface area contributed by atoms with E-state index in [4.69, 9.17) is 4.74 Å². The third kappa shape index (κ3) is 6.20. The highest BCUT2D eigenvalue weighted by atomic mass is 16.5. The van der Waals surface area contributed by atoms with Crippen LogP contribution in [0.15, 0.2) is 24.3 Å². The quantitative estimate of drug-likeness (QED) is 0.751. The summed E-state index contributed by atoms with van der Waals surface area (Å²) in [6.07, 6.45) is 1.85. The molecule has 2 fully saturated rings. The summed E-state index contributed by atoms with van der Waals surface area (Å²) in [5.41, 5.74) is 2.02. The molecule has 2 saturated heterocycles. The summed E-state index contributed by atoms with van der Waals surface area (Å²) in [4.78, 5) is 31.6. The van der Waals surface area contributed by atoms with Crippen molar-refractivity contribution < 1.29 is 14.3 Å². The molecule has 2 aliphatic heterocycles. The highest BCUT2D eigenvalue weighted by Crippen LogP contribution is 2.24. The minimum atomic E-state index is -0.0581. The molecule has 0 spiro atoms. The zero-order valence-electron chi connectivity index (χ0n) is 19.5. The number of urea groups is 1. The Balaban J connectivity index is 1.56. The lowest BCUT2D eigenvalue weighted by Gasteiger charge is -2.36. The number of carbonyl (C=O) groups excluding carboxylic acids is 2. The second kappa shape index (κ2) is 11.0. The SMILES string of the molecule is CCN(CC)C(=O)N1CCC(C(=O)Nc2ccccc2CN2CC(C)OC(C)C2)CC1. The van der Waals surface area contributed by atoms with E-state index in [0.717, 1.165) is 30.9 Å². The van der Waals surface area contributed by atoms with Crippen LogP contribution in [0.4, 0.5) is 10.5 Å². The first-order valence-electron chi connectivity index (χ1n) is 11.7. The molecule has 1 aromatic rings. The van der Waals surface area contributed by atoms with Crippen molar-refractivity contribution in [2.75, 3.05) is 44.6 Å². The average Bonchev–Trinajstić information content (AvgIpc) is 2.75. The second-order valence-corrected chi connectivity index (χ2v) is 8.81. The summed E-state index contributed by atoms with van der Waals surface area (Å²) in [6, 6.07) is 8.15. The molecule has 172 valence electrons. The van der Waals surface area contributed by atoms with E-state index in [1.807, 2.05) is 41.8 Å². The lowest BCUT2D eigenvalue weighted by Crippen LogP contribution is -2.47. The number of hydrogen-bond acceptors (Lipinski definition) is 4. The fraction of sp³-hybridized carbons (Fsp3) is 0.667. The van der Waals surface area contributed by atoms with E-state index in [9.17, 15) is 9.59 Å². The van der Waals surface area contributed by atoms with Crippen LogP contribution >= 0.6 is 0 Å². The van der Waals surface area contributed by atoms with E-state index in [1.54, 1.807) is 0 Å². The molecule has 1 aromatic carbocycles. The molecule has 2 atom stereocenters. The van der Waals surface area contributed by atoms with Crippen LogP contribution in [0.5, 0.6) is 0 Å². The van der Waals surface area contributed by atoms with Gasteiger partial charge in [0, 0.05) is 57.4 Å². The van der Waals surface area contributed by atoms with E-state index in [0.29, 0.717) is 39.0 Å². The molecule has 0 radical (unpaired) electrons. The van der Waals surface area contributed by atoms with Crippen LogP contribution in [0.3, 0.4) is 0 Å². The van der Waals surface area contributed by atoms with Gasteiger partial charge in [0.15, 0.2) is 0 Å². The third-order valence-corrected chi connectivity index (χ3v) is 6.33. The van der Waals surface area contributed by atoms with E-state index in [2.05, 4.69) is 30.1 Å². The first-order chi connectivity index (χ1) is 14.9. The zero-order valence-corrected chi connectivity index (χ0v) is 19.5. The molecule has 31 heavy (non-hydrogen) atoms. The van der Waals surface area contributed by atoms with Gasteiger partial charge in [0.1, 0.15) is 0 Å². The number of rotatable bonds is 6. The number of carbonyl (C=O) groups is 2. The van der Waals surface area contributed by atoms with Gasteiger partial charge in [0.25, 0.3) is 0 Å². The fourth-order valence-corrected chi connectivity index (χ4v) is 4.70. The molecule has 3 amide bonds. The molecule has 2 aliphatic rings. The zero-order chi connectivity index (χ0) is 22.4. The summed E-state index contributed by atoms with van der Waals surface area (Å²) in [7, 11) is 0. The van der Waals surface area contributed by atoms with Gasteiger partial charge in [-0.1, -0.05) is 18.2 Å². The summed E-state index contributed by atoms with van der Waals surface area (Å²) < 4.78 is 5.84. The lowest BCUT2D eigenvalue weighted by molar-refractivity contribution is -0.121. The number of anilines is 1. The number of benzene rings is 1. The Bertz CT molecular complexity index is 734. The molecule has 0 aliphatic carbocycles. The number of nitrogens with zero attached hydrogens (tertiary/aromatic N) is 3. The number of ether oxygens (including phenoxy) is 1. The van der Waals surface area contributed by atoms with Crippen molar-refractivity contribution in [2.45, 2.75) is 59.3 Å². The molecule has 7 nitrogen and oxygen atoms in total. The summed E-state index contributed by atoms with van der Waals surface area (Å²) in [6.45, 7) is 13.5. The van der Waals surface area contributed by atoms with Crippen LogP contribution in [0.1, 0.15) is 46.1 Å². The monoisotopic (exact) mass is 430 g/mol. The maximum Gasteiger partial charge on any atom is 0.319 e. The first kappa shape index (κ1) is 23.5. The van der Waals surface area contributed by atoms with Gasteiger partial charge in [-0.25, -0.2) is 4.79 Å². The molecule has 0 aromatic heterocycles. The molecule has 2 heterocycles. The van der Waals surface area contributed by atoms with Crippen molar-refractivity contribution >= 4 is 17.6 Å². The van der Waals surface area contributed by atoms with E-state index < -0.39 is 0 Å². The van der Waals surface area contributed by atoms with E-state index >= 15 is 0 Å². The first-order valence-corrected chi connectivity index (χ1v) is 11.7. The number of amides is 3. The minimum absolute atomic E-state index is 0.0581. The van der Waals surface area contributed by atoms with Crippen molar-refractivity contribution in [3.05, 3.63) is 29.8 Å². The van der Waals surface area contributed by atoms with Gasteiger partial charge in [0.05, 0.1) is 12.2 Å². The van der Waals surface area contributed by atoms with Gasteiger partial charge in [-0.05, 0) is 52.2 Å². The third-order valence-electron chi connectivity index (χ3n) is 6.33. The van der Waals surface area contributed by atoms with Crippen molar-refractivity contribution in [1.29, 1.82) is 0 Å². The van der Waals surface area contributed by atoms with E-state index in [-0.39, 0.29) is 30.1 Å². The number of nitrogens with one attached hydrogen (secondary N) is 1. The van der Waals surface area contributed by atoms with Crippen molar-refractivity contribution in [2.24, 2.45) is 5.92 Å². The van der Waals surface area contributed by atoms with Gasteiger partial charge in [0.2, 0.25) is 5.91 Å². The Kier molecular flexibility index (Phi) is 8.32. The Labute approximate surface area is 186 Å². The van der Waals surface area contributed by atoms with Gasteiger partial charge >= 0.3 is 6.03 Å². The predicted molar refractivity (Wildman–Crippen MR) is 123 cm³/mol. The number of piperidine rings is 1. The van der Waals surface area contributed by atoms with Crippen LogP contribution in [-0.2, 0) is 16.1 Å². The highest BCUT2D eigenvalue weighted by molar-refractivity contribution is 5.93. The molecule has 1 N–H and O–H groups in total. The summed E-state index contributed by atoms with van der Waals surface area (Å²) in [5, 5.41) is 3.17. The highest BCUT2D eigenvalue weighted by Gasteiger charge is 2.29. The number of likely N-dealkylation sites (tertiary alicyclic amines) is 1. The summed E-state index contributed by atoms with van der Waals surface area (Å²) >= 11 is 0. The molecular weight excluding hydrogens is 392 g/mol. The molecule has 0 saturated carbocycles. The molecule has 0 bridgehead atoms. The molecular formula is C24H38N4O3. The van der Waals surface area contributed by atoms with Crippen LogP contribution < -0.4 is 5.32 Å². The van der Waals surface area contributed by atoms with E-state index in [1.165, 1.54) is 0 Å². The van der Waals surface area contributed by atoms with Crippen LogP contribution in [0.25, 0.3) is 0 Å². The van der Waals surface area contributed by atoms with Crippen molar-refractivity contribution in [3.63, 3.8) is 0 Å². The van der Waals surface area contributed by atoms with Gasteiger partial charge < -0.3 is 19.9 Å². The van der Waals surface area contributed by atoms with Crippen LogP contribution in [0.2, 0.25) is 0 Å². The maximum absolute atomic E-state index is 13.0. The van der Waals surface area contributed by atoms with Gasteiger partial charge in [-0.15, -0.1) is 0 Å².